The molecule has 25 heavy (non-hydrogen) atoms. The lowest BCUT2D eigenvalue weighted by Gasteiger charge is -2.53. The second-order valence-electron chi connectivity index (χ2n) is 6.16. The van der Waals surface area contributed by atoms with Crippen LogP contribution in [0.5, 0.6) is 11.5 Å². The van der Waals surface area contributed by atoms with Crippen LogP contribution in [0.15, 0.2) is 48.5 Å². The van der Waals surface area contributed by atoms with Crippen molar-refractivity contribution in [2.75, 3.05) is 6.61 Å². The molecule has 0 spiro atoms. The Morgan fingerprint density at radius 1 is 1.04 bits per heavy atom. The molecular formula is C18H20O7. The maximum absolute atomic E-state index is 10.3. The number of rotatable bonds is 5. The summed E-state index contributed by atoms with van der Waals surface area (Å²) >= 11 is 0. The molecule has 1 aliphatic rings. The second-order valence-corrected chi connectivity index (χ2v) is 6.16. The lowest BCUT2D eigenvalue weighted by molar-refractivity contribution is -0.332. The third kappa shape index (κ3) is 2.97. The van der Waals surface area contributed by atoms with Gasteiger partial charge in [0.25, 0.3) is 0 Å². The summed E-state index contributed by atoms with van der Waals surface area (Å²) in [6.45, 7) is -0.606. The highest BCUT2D eigenvalue weighted by atomic mass is 16.6. The van der Waals surface area contributed by atoms with Gasteiger partial charge in [-0.1, -0.05) is 24.3 Å². The van der Waals surface area contributed by atoms with E-state index in [0.29, 0.717) is 0 Å². The fourth-order valence-electron chi connectivity index (χ4n) is 3.09. The molecule has 6 N–H and O–H groups in total. The van der Waals surface area contributed by atoms with E-state index in [1.807, 2.05) is 6.07 Å². The molecule has 0 saturated heterocycles. The van der Waals surface area contributed by atoms with Gasteiger partial charge in [-0.15, -0.1) is 0 Å². The van der Waals surface area contributed by atoms with Crippen LogP contribution in [0, 0.1) is 5.92 Å². The smallest absolute Gasteiger partial charge is 0.229 e. The van der Waals surface area contributed by atoms with Gasteiger partial charge < -0.3 is 35.4 Å². The maximum Gasteiger partial charge on any atom is 0.229 e. The van der Waals surface area contributed by atoms with Crippen LogP contribution in [0.4, 0.5) is 0 Å². The zero-order valence-corrected chi connectivity index (χ0v) is 13.2. The van der Waals surface area contributed by atoms with Gasteiger partial charge in [-0.3, -0.25) is 0 Å². The Bertz CT molecular complexity index is 732. The molecule has 2 aromatic rings. The summed E-state index contributed by atoms with van der Waals surface area (Å²) in [6.07, 6.45) is -4.78. The van der Waals surface area contributed by atoms with E-state index in [4.69, 9.17) is 4.74 Å². The van der Waals surface area contributed by atoms with Gasteiger partial charge in [0.05, 0.1) is 12.7 Å². The van der Waals surface area contributed by atoms with Crippen LogP contribution in [-0.4, -0.2) is 61.3 Å². The van der Waals surface area contributed by atoms with E-state index in [1.165, 1.54) is 0 Å². The molecule has 1 fully saturated rings. The Labute approximate surface area is 144 Å². The minimum absolute atomic E-state index is 0.142. The molecule has 2 aromatic carbocycles. The lowest BCUT2D eigenvalue weighted by Crippen LogP contribution is -2.76. The van der Waals surface area contributed by atoms with Crippen LogP contribution in [0.25, 0.3) is 11.1 Å². The summed E-state index contributed by atoms with van der Waals surface area (Å²) in [5.74, 6) is -0.734. The van der Waals surface area contributed by atoms with Gasteiger partial charge in [-0.05, 0) is 35.4 Å². The average molecular weight is 348 g/mol. The first-order valence-electron chi connectivity index (χ1n) is 7.81. The van der Waals surface area contributed by atoms with Gasteiger partial charge in [0.1, 0.15) is 17.6 Å². The van der Waals surface area contributed by atoms with Crippen LogP contribution < -0.4 is 4.74 Å². The molecule has 5 atom stereocenters. The zero-order valence-electron chi connectivity index (χ0n) is 13.2. The van der Waals surface area contributed by atoms with Crippen molar-refractivity contribution in [3.63, 3.8) is 0 Å². The number of hydrogen-bond donors (Lipinski definition) is 6. The summed E-state index contributed by atoms with van der Waals surface area (Å²) in [5.41, 5.74) is -0.551. The van der Waals surface area contributed by atoms with Crippen LogP contribution in [-0.2, 0) is 0 Å². The number of hydrogen-bond acceptors (Lipinski definition) is 7. The molecule has 0 aliphatic heterocycles. The number of benzene rings is 2. The first-order chi connectivity index (χ1) is 11.9. The van der Waals surface area contributed by atoms with Crippen molar-refractivity contribution in [1.82, 2.24) is 0 Å². The number of phenols is 1. The number of aliphatic hydroxyl groups is 5. The van der Waals surface area contributed by atoms with Crippen molar-refractivity contribution >= 4 is 0 Å². The normalized spacial score (nSPS) is 29.7. The van der Waals surface area contributed by atoms with E-state index in [2.05, 4.69) is 0 Å². The van der Waals surface area contributed by atoms with E-state index in [-0.39, 0.29) is 11.5 Å². The third-order valence-electron chi connectivity index (χ3n) is 4.68. The number of aliphatic hydroxyl groups excluding tert-OH is 4. The number of aromatic hydroxyl groups is 1. The van der Waals surface area contributed by atoms with Crippen LogP contribution in [0.2, 0.25) is 0 Å². The first kappa shape index (κ1) is 17.7. The van der Waals surface area contributed by atoms with Gasteiger partial charge >= 0.3 is 0 Å². The van der Waals surface area contributed by atoms with Gasteiger partial charge in [-0.25, -0.2) is 0 Å². The zero-order chi connectivity index (χ0) is 18.2. The second kappa shape index (κ2) is 6.62. The lowest BCUT2D eigenvalue weighted by atomic mass is 9.64. The fourth-order valence-corrected chi connectivity index (χ4v) is 3.09. The number of phenolic OH excluding ortho intramolecular Hbond substituents is 1. The quantitative estimate of drug-likeness (QED) is 0.414. The first-order valence-corrected chi connectivity index (χ1v) is 7.81. The van der Waals surface area contributed by atoms with E-state index in [0.717, 1.165) is 11.1 Å². The maximum atomic E-state index is 10.3. The molecule has 3 rings (SSSR count). The molecule has 0 amide bonds. The fraction of sp³-hybridized carbons (Fsp3) is 0.333. The number of ether oxygens (including phenoxy) is 1. The molecule has 0 bridgehead atoms. The molecule has 1 saturated carbocycles. The Hall–Kier alpha value is -2.16. The van der Waals surface area contributed by atoms with Crippen LogP contribution >= 0.6 is 0 Å². The van der Waals surface area contributed by atoms with Crippen molar-refractivity contribution in [1.29, 1.82) is 0 Å². The SMILES string of the molecule is OCC1C(O)C(O)C1(O)C(O)Oc1ccc(-c2cccc(O)c2)cc1. The van der Waals surface area contributed by atoms with E-state index >= 15 is 0 Å². The molecule has 134 valence electrons. The van der Waals surface area contributed by atoms with Crippen LogP contribution in [0.3, 0.4) is 0 Å². The van der Waals surface area contributed by atoms with Crippen molar-refractivity contribution in [2.24, 2.45) is 5.92 Å². The molecule has 5 unspecified atom stereocenters. The highest BCUT2D eigenvalue weighted by Crippen LogP contribution is 2.42. The Morgan fingerprint density at radius 2 is 1.72 bits per heavy atom. The predicted octanol–water partition coefficient (Wildman–Crippen LogP) is -0.169. The van der Waals surface area contributed by atoms with Crippen molar-refractivity contribution < 1.29 is 35.4 Å². The molecule has 1 aliphatic carbocycles. The van der Waals surface area contributed by atoms with E-state index in [9.17, 15) is 30.6 Å². The topological polar surface area (TPSA) is 131 Å². The van der Waals surface area contributed by atoms with Crippen molar-refractivity contribution in [3.8, 4) is 22.6 Å². The standard InChI is InChI=1S/C18H20O7/c19-9-14-15(21)16(22)18(14,24)17(23)25-13-6-4-10(5-7-13)11-2-1-3-12(20)8-11/h1-8,14-17,19-24H,9H2. The van der Waals surface area contributed by atoms with Gasteiger partial charge in [0.15, 0.2) is 5.60 Å². The highest BCUT2D eigenvalue weighted by molar-refractivity contribution is 5.65. The van der Waals surface area contributed by atoms with Crippen molar-refractivity contribution in [3.05, 3.63) is 48.5 Å². The summed E-state index contributed by atoms with van der Waals surface area (Å²) in [5, 5.41) is 58.4. The van der Waals surface area contributed by atoms with Gasteiger partial charge in [-0.2, -0.15) is 0 Å². The molecule has 7 heteroatoms. The summed E-state index contributed by atoms with van der Waals surface area (Å²) in [6, 6.07) is 13.2. The van der Waals surface area contributed by atoms with Crippen molar-refractivity contribution in [2.45, 2.75) is 24.1 Å². The minimum atomic E-state index is -2.15. The molecule has 0 heterocycles. The summed E-state index contributed by atoms with van der Waals surface area (Å²) in [7, 11) is 0. The van der Waals surface area contributed by atoms with E-state index in [1.54, 1.807) is 42.5 Å². The summed E-state index contributed by atoms with van der Waals surface area (Å²) in [4.78, 5) is 0. The largest absolute Gasteiger partial charge is 0.508 e. The molecular weight excluding hydrogens is 328 g/mol. The summed E-state index contributed by atoms with van der Waals surface area (Å²) < 4.78 is 5.26. The third-order valence-corrected chi connectivity index (χ3v) is 4.68. The predicted molar refractivity (Wildman–Crippen MR) is 87.7 cm³/mol. The van der Waals surface area contributed by atoms with E-state index < -0.39 is 36.6 Å². The van der Waals surface area contributed by atoms with Crippen LogP contribution in [0.1, 0.15) is 0 Å². The molecule has 7 nitrogen and oxygen atoms in total. The van der Waals surface area contributed by atoms with Gasteiger partial charge in [0.2, 0.25) is 6.29 Å². The monoisotopic (exact) mass is 348 g/mol. The average Bonchev–Trinajstić information content (AvgIpc) is 2.62. The Morgan fingerprint density at radius 3 is 2.32 bits per heavy atom. The Kier molecular flexibility index (Phi) is 4.68. The minimum Gasteiger partial charge on any atom is -0.508 e. The Balaban J connectivity index is 1.73. The molecule has 0 aromatic heterocycles. The highest BCUT2D eigenvalue weighted by Gasteiger charge is 2.65. The molecule has 0 radical (unpaired) electrons. The van der Waals surface area contributed by atoms with Gasteiger partial charge in [0, 0.05) is 5.92 Å².